The average Bonchev–Trinajstić information content (AvgIpc) is 2.78. The fraction of sp³-hybridized carbons (Fsp3) is 0.480. The molecule has 0 aliphatic rings. The van der Waals surface area contributed by atoms with Crippen LogP contribution in [0.1, 0.15) is 44.7 Å². The highest BCUT2D eigenvalue weighted by atomic mass is 32.2. The van der Waals surface area contributed by atoms with Crippen molar-refractivity contribution in [2.24, 2.45) is 5.41 Å². The number of amides is 1. The summed E-state index contributed by atoms with van der Waals surface area (Å²) < 4.78 is 35.0. The Kier molecular flexibility index (Phi) is 10.3. The summed E-state index contributed by atoms with van der Waals surface area (Å²) in [5.74, 6) is -0.324. The number of aryl methyl sites for hydroxylation is 1. The summed E-state index contributed by atoms with van der Waals surface area (Å²) >= 11 is 0. The molecular weight excluding hydrogens is 442 g/mol. The van der Waals surface area contributed by atoms with Crippen molar-refractivity contribution in [3.63, 3.8) is 0 Å². The Morgan fingerprint density at radius 3 is 2.12 bits per heavy atom. The Bertz CT molecular complexity index is 942. The van der Waals surface area contributed by atoms with Gasteiger partial charge in [-0.2, -0.15) is 8.42 Å². The first-order valence-electron chi connectivity index (χ1n) is 11.1. The van der Waals surface area contributed by atoms with Gasteiger partial charge in [0.15, 0.2) is 0 Å². The molecule has 0 spiro atoms. The summed E-state index contributed by atoms with van der Waals surface area (Å²) in [6.45, 7) is 5.77. The normalized spacial score (nSPS) is 13.8. The molecule has 0 saturated carbocycles. The van der Waals surface area contributed by atoms with Gasteiger partial charge < -0.3 is 15.2 Å². The third-order valence-corrected chi connectivity index (χ3v) is 6.12. The molecule has 2 rings (SSSR count). The zero-order valence-corrected chi connectivity index (χ0v) is 20.4. The van der Waals surface area contributed by atoms with Crippen LogP contribution in [0.2, 0.25) is 0 Å². The summed E-state index contributed by atoms with van der Waals surface area (Å²) in [7, 11) is -3.80. The number of ether oxygens (including phenoxy) is 1. The first-order valence-corrected chi connectivity index (χ1v) is 12.7. The third kappa shape index (κ3) is 11.3. The summed E-state index contributed by atoms with van der Waals surface area (Å²) in [6.07, 6.45) is -0.714. The lowest BCUT2D eigenvalue weighted by Gasteiger charge is -2.24. The lowest BCUT2D eigenvalue weighted by molar-refractivity contribution is 0.0952. The Labute approximate surface area is 197 Å². The third-order valence-electron chi connectivity index (χ3n) is 4.90. The number of aliphatic hydroxyl groups is 1. The van der Waals surface area contributed by atoms with Crippen molar-refractivity contribution in [1.82, 2.24) is 5.32 Å². The first kappa shape index (κ1) is 26.8. The zero-order valence-electron chi connectivity index (χ0n) is 19.6. The molecule has 2 N–H and O–H groups in total. The van der Waals surface area contributed by atoms with Crippen molar-refractivity contribution in [3.8, 4) is 0 Å². The SMILES string of the molecule is CC(C)(C)COS(=O)(=O)CC[C@H](NC(=O)OCc1ccccc1)[C@@H](O)CCc1ccccc1. The molecule has 0 aromatic heterocycles. The van der Waals surface area contributed by atoms with Gasteiger partial charge in [0.25, 0.3) is 10.1 Å². The highest BCUT2D eigenvalue weighted by Gasteiger charge is 2.26. The van der Waals surface area contributed by atoms with E-state index < -0.39 is 28.4 Å². The summed E-state index contributed by atoms with van der Waals surface area (Å²) in [6, 6.07) is 18.1. The molecule has 0 aliphatic carbocycles. The monoisotopic (exact) mass is 477 g/mol. The molecule has 1 amide bonds. The van der Waals surface area contributed by atoms with Crippen LogP contribution < -0.4 is 5.32 Å². The Morgan fingerprint density at radius 1 is 0.970 bits per heavy atom. The molecule has 0 radical (unpaired) electrons. The number of carbonyl (C=O) groups excluding carboxylic acids is 1. The van der Waals surface area contributed by atoms with Gasteiger partial charge in [0.1, 0.15) is 6.61 Å². The van der Waals surface area contributed by atoms with Gasteiger partial charge in [0.2, 0.25) is 0 Å². The lowest BCUT2D eigenvalue weighted by atomic mass is 9.99. The Morgan fingerprint density at radius 2 is 1.55 bits per heavy atom. The molecule has 182 valence electrons. The standard InChI is InChI=1S/C25H35NO6S/c1-25(2,3)19-32-33(29,30)17-16-22(23(27)15-14-20-10-6-4-7-11-20)26-24(28)31-18-21-12-8-5-9-13-21/h4-13,22-23,27H,14-19H2,1-3H3,(H,26,28)/t22-,23-/m0/s1. The van der Waals surface area contributed by atoms with Gasteiger partial charge in [0, 0.05) is 0 Å². The first-order chi connectivity index (χ1) is 15.5. The quantitative estimate of drug-likeness (QED) is 0.447. The number of hydrogen-bond acceptors (Lipinski definition) is 6. The molecule has 0 bridgehead atoms. The van der Waals surface area contributed by atoms with E-state index in [9.17, 15) is 18.3 Å². The van der Waals surface area contributed by atoms with Crippen LogP contribution in [0.5, 0.6) is 0 Å². The number of benzene rings is 2. The second-order valence-electron chi connectivity index (χ2n) is 9.28. The van der Waals surface area contributed by atoms with Crippen molar-refractivity contribution >= 4 is 16.2 Å². The molecule has 0 aliphatic heterocycles. The van der Waals surface area contributed by atoms with Crippen molar-refractivity contribution in [3.05, 3.63) is 71.8 Å². The van der Waals surface area contributed by atoms with Gasteiger partial charge in [-0.1, -0.05) is 81.4 Å². The van der Waals surface area contributed by atoms with Gasteiger partial charge in [-0.25, -0.2) is 4.79 Å². The second kappa shape index (κ2) is 12.7. The van der Waals surface area contributed by atoms with Gasteiger partial charge >= 0.3 is 6.09 Å². The zero-order chi connectivity index (χ0) is 24.3. The molecule has 2 atom stereocenters. The molecule has 2 aromatic carbocycles. The molecule has 2 aromatic rings. The molecule has 7 nitrogen and oxygen atoms in total. The molecule has 0 heterocycles. The van der Waals surface area contributed by atoms with Crippen LogP contribution in [-0.4, -0.2) is 44.1 Å². The predicted octanol–water partition coefficient (Wildman–Crippen LogP) is 4.06. The van der Waals surface area contributed by atoms with Crippen LogP contribution in [0.3, 0.4) is 0 Å². The van der Waals surface area contributed by atoms with Gasteiger partial charge in [0.05, 0.1) is 24.5 Å². The number of aliphatic hydroxyl groups excluding tert-OH is 1. The topological polar surface area (TPSA) is 102 Å². The second-order valence-corrected chi connectivity index (χ2v) is 11.0. The van der Waals surface area contributed by atoms with E-state index in [1.807, 2.05) is 81.4 Å². The summed E-state index contributed by atoms with van der Waals surface area (Å²) in [5.41, 5.74) is 1.57. The fourth-order valence-corrected chi connectivity index (χ4v) is 4.23. The average molecular weight is 478 g/mol. The van der Waals surface area contributed by atoms with E-state index in [1.54, 1.807) is 0 Å². The van der Waals surface area contributed by atoms with E-state index in [4.69, 9.17) is 8.92 Å². The van der Waals surface area contributed by atoms with Crippen molar-refractivity contribution < 1.29 is 27.2 Å². The van der Waals surface area contributed by atoms with Crippen molar-refractivity contribution in [2.75, 3.05) is 12.4 Å². The van der Waals surface area contributed by atoms with E-state index in [-0.39, 0.29) is 30.8 Å². The molecule has 0 unspecified atom stereocenters. The number of alkyl carbamates (subject to hydrolysis) is 1. The van der Waals surface area contributed by atoms with Crippen LogP contribution >= 0.6 is 0 Å². The number of rotatable bonds is 12. The van der Waals surface area contributed by atoms with Crippen LogP contribution in [0.15, 0.2) is 60.7 Å². The number of nitrogens with one attached hydrogen (secondary N) is 1. The maximum absolute atomic E-state index is 12.4. The molecule has 0 fully saturated rings. The minimum atomic E-state index is -3.80. The number of carbonyl (C=O) groups is 1. The largest absolute Gasteiger partial charge is 0.445 e. The lowest BCUT2D eigenvalue weighted by Crippen LogP contribution is -2.45. The van der Waals surface area contributed by atoms with Crippen LogP contribution in [0, 0.1) is 5.41 Å². The maximum Gasteiger partial charge on any atom is 0.407 e. The molecule has 33 heavy (non-hydrogen) atoms. The van der Waals surface area contributed by atoms with Crippen LogP contribution in [0.25, 0.3) is 0 Å². The van der Waals surface area contributed by atoms with Gasteiger partial charge in [-0.15, -0.1) is 0 Å². The van der Waals surface area contributed by atoms with Crippen LogP contribution in [-0.2, 0) is 32.1 Å². The highest BCUT2D eigenvalue weighted by molar-refractivity contribution is 7.86. The predicted molar refractivity (Wildman–Crippen MR) is 128 cm³/mol. The summed E-state index contributed by atoms with van der Waals surface area (Å²) in [4.78, 5) is 12.4. The van der Waals surface area contributed by atoms with E-state index in [1.165, 1.54) is 0 Å². The Hall–Kier alpha value is -2.42. The van der Waals surface area contributed by atoms with E-state index in [0.29, 0.717) is 12.8 Å². The maximum atomic E-state index is 12.4. The van der Waals surface area contributed by atoms with E-state index in [0.717, 1.165) is 11.1 Å². The highest BCUT2D eigenvalue weighted by Crippen LogP contribution is 2.16. The van der Waals surface area contributed by atoms with Crippen molar-refractivity contribution in [1.29, 1.82) is 0 Å². The van der Waals surface area contributed by atoms with Crippen LogP contribution in [0.4, 0.5) is 4.79 Å². The fourth-order valence-electron chi connectivity index (χ4n) is 3.03. The van der Waals surface area contributed by atoms with E-state index >= 15 is 0 Å². The minimum Gasteiger partial charge on any atom is -0.445 e. The van der Waals surface area contributed by atoms with Gasteiger partial charge in [-0.05, 0) is 35.8 Å². The molecule has 8 heteroatoms. The minimum absolute atomic E-state index is 0.00285. The number of hydrogen-bond donors (Lipinski definition) is 2. The van der Waals surface area contributed by atoms with E-state index in [2.05, 4.69) is 5.32 Å². The van der Waals surface area contributed by atoms with Crippen molar-refractivity contribution in [2.45, 2.75) is 58.8 Å². The van der Waals surface area contributed by atoms with Gasteiger partial charge in [-0.3, -0.25) is 4.18 Å². The summed E-state index contributed by atoms with van der Waals surface area (Å²) in [5, 5.41) is 13.4. The molecule has 0 saturated heterocycles. The molecular formula is C25H35NO6S. The Balaban J connectivity index is 1.97. The smallest absolute Gasteiger partial charge is 0.407 e.